The van der Waals surface area contributed by atoms with E-state index in [1.165, 1.54) is 16.9 Å². The van der Waals surface area contributed by atoms with Crippen LogP contribution in [-0.2, 0) is 17.8 Å². The van der Waals surface area contributed by atoms with Crippen LogP contribution in [0.1, 0.15) is 36.6 Å². The van der Waals surface area contributed by atoms with Gasteiger partial charge < -0.3 is 10.6 Å². The average molecular weight is 266 g/mol. The van der Waals surface area contributed by atoms with Gasteiger partial charge in [0.25, 0.3) is 0 Å². The van der Waals surface area contributed by atoms with Crippen molar-refractivity contribution in [1.29, 1.82) is 0 Å². The van der Waals surface area contributed by atoms with Gasteiger partial charge >= 0.3 is 0 Å². The molecular weight excluding hydrogens is 244 g/mol. The van der Waals surface area contributed by atoms with Gasteiger partial charge in [-0.25, -0.2) is 0 Å². The molecule has 1 fully saturated rings. The van der Waals surface area contributed by atoms with Crippen molar-refractivity contribution in [1.82, 2.24) is 10.6 Å². The van der Waals surface area contributed by atoms with Crippen LogP contribution >= 0.6 is 11.3 Å². The summed E-state index contributed by atoms with van der Waals surface area (Å²) in [5, 5.41) is 8.47. The maximum atomic E-state index is 11.8. The van der Waals surface area contributed by atoms with E-state index in [9.17, 15) is 4.79 Å². The number of carbonyl (C=O) groups excluding carboxylic acids is 1. The van der Waals surface area contributed by atoms with Crippen molar-refractivity contribution in [2.24, 2.45) is 5.92 Å². The largest absolute Gasteiger partial charge is 0.351 e. The van der Waals surface area contributed by atoms with Gasteiger partial charge in [0.1, 0.15) is 0 Å². The van der Waals surface area contributed by atoms with E-state index in [0.29, 0.717) is 18.9 Å². The Bertz CT molecular complexity index is 383. The molecule has 4 heteroatoms. The van der Waals surface area contributed by atoms with Crippen molar-refractivity contribution >= 4 is 17.2 Å². The summed E-state index contributed by atoms with van der Waals surface area (Å²) in [6.07, 6.45) is 3.95. The molecule has 0 spiro atoms. The summed E-state index contributed by atoms with van der Waals surface area (Å²) in [6, 6.07) is 2.15. The minimum absolute atomic E-state index is 0.192. The first-order valence-corrected chi connectivity index (χ1v) is 7.70. The van der Waals surface area contributed by atoms with Gasteiger partial charge in [-0.1, -0.05) is 6.92 Å². The molecular formula is C14H22N2OS. The van der Waals surface area contributed by atoms with Gasteiger partial charge in [0, 0.05) is 11.3 Å². The molecule has 0 aromatic carbocycles. The van der Waals surface area contributed by atoms with E-state index >= 15 is 0 Å². The fourth-order valence-electron chi connectivity index (χ4n) is 2.40. The molecule has 18 heavy (non-hydrogen) atoms. The Morgan fingerprint density at radius 2 is 2.50 bits per heavy atom. The van der Waals surface area contributed by atoms with E-state index < -0.39 is 0 Å². The first-order chi connectivity index (χ1) is 8.79. The zero-order valence-corrected chi connectivity index (χ0v) is 11.8. The lowest BCUT2D eigenvalue weighted by Gasteiger charge is -2.08. The standard InChI is InChI=1S/C14H22N2OS/c1-2-12-6-8-18-13(12)10-16-14(17)4-3-11-5-7-15-9-11/h6,8,11,15H,2-5,7,9-10H2,1H3,(H,16,17). The number of amides is 1. The molecule has 0 saturated carbocycles. The quantitative estimate of drug-likeness (QED) is 0.829. The highest BCUT2D eigenvalue weighted by Crippen LogP contribution is 2.17. The Kier molecular flexibility index (Phi) is 5.20. The molecule has 100 valence electrons. The van der Waals surface area contributed by atoms with Crippen LogP contribution in [0, 0.1) is 5.92 Å². The second-order valence-electron chi connectivity index (χ2n) is 4.90. The second-order valence-corrected chi connectivity index (χ2v) is 5.90. The molecule has 0 aliphatic carbocycles. The lowest BCUT2D eigenvalue weighted by molar-refractivity contribution is -0.121. The number of carbonyl (C=O) groups is 1. The molecule has 3 nitrogen and oxygen atoms in total. The van der Waals surface area contributed by atoms with Gasteiger partial charge in [-0.3, -0.25) is 4.79 Å². The molecule has 0 radical (unpaired) electrons. The van der Waals surface area contributed by atoms with E-state index in [-0.39, 0.29) is 5.91 Å². The molecule has 1 atom stereocenters. The number of thiophene rings is 1. The molecule has 0 bridgehead atoms. The third-order valence-electron chi connectivity index (χ3n) is 3.61. The Morgan fingerprint density at radius 3 is 3.22 bits per heavy atom. The molecule has 1 aliphatic heterocycles. The van der Waals surface area contributed by atoms with Crippen molar-refractivity contribution in [3.63, 3.8) is 0 Å². The van der Waals surface area contributed by atoms with Crippen molar-refractivity contribution in [2.75, 3.05) is 13.1 Å². The molecule has 2 heterocycles. The van der Waals surface area contributed by atoms with Crippen LogP contribution in [0.4, 0.5) is 0 Å². The predicted octanol–water partition coefficient (Wildman–Crippen LogP) is 2.32. The zero-order chi connectivity index (χ0) is 12.8. The van der Waals surface area contributed by atoms with Crippen LogP contribution in [0.25, 0.3) is 0 Å². The van der Waals surface area contributed by atoms with E-state index in [1.807, 2.05) is 0 Å². The maximum absolute atomic E-state index is 11.8. The van der Waals surface area contributed by atoms with E-state index in [4.69, 9.17) is 0 Å². The third-order valence-corrected chi connectivity index (χ3v) is 4.57. The van der Waals surface area contributed by atoms with Crippen molar-refractivity contribution < 1.29 is 4.79 Å². The molecule has 1 saturated heterocycles. The van der Waals surface area contributed by atoms with Crippen LogP contribution in [-0.4, -0.2) is 19.0 Å². The predicted molar refractivity (Wildman–Crippen MR) is 75.8 cm³/mol. The van der Waals surface area contributed by atoms with Crippen LogP contribution in [0.15, 0.2) is 11.4 Å². The first-order valence-electron chi connectivity index (χ1n) is 6.82. The average Bonchev–Trinajstić information content (AvgIpc) is 3.04. The minimum atomic E-state index is 0.192. The number of nitrogens with one attached hydrogen (secondary N) is 2. The van der Waals surface area contributed by atoms with Crippen LogP contribution in [0.5, 0.6) is 0 Å². The Balaban J connectivity index is 1.68. The third kappa shape index (κ3) is 3.82. The van der Waals surface area contributed by atoms with Gasteiger partial charge in [0.2, 0.25) is 5.91 Å². The van der Waals surface area contributed by atoms with E-state index in [2.05, 4.69) is 29.0 Å². The first kappa shape index (κ1) is 13.6. The Hall–Kier alpha value is -0.870. The Labute approximate surface area is 113 Å². The van der Waals surface area contributed by atoms with Crippen LogP contribution in [0.3, 0.4) is 0 Å². The lowest BCUT2D eigenvalue weighted by atomic mass is 10.0. The fourth-order valence-corrected chi connectivity index (χ4v) is 3.32. The number of hydrogen-bond acceptors (Lipinski definition) is 3. The molecule has 2 N–H and O–H groups in total. The summed E-state index contributed by atoms with van der Waals surface area (Å²) in [6.45, 7) is 5.04. The zero-order valence-electron chi connectivity index (χ0n) is 11.0. The van der Waals surface area contributed by atoms with Crippen molar-refractivity contribution in [2.45, 2.75) is 39.2 Å². The van der Waals surface area contributed by atoms with Gasteiger partial charge in [-0.2, -0.15) is 0 Å². The summed E-state index contributed by atoms with van der Waals surface area (Å²) in [7, 11) is 0. The summed E-state index contributed by atoms with van der Waals surface area (Å²) in [5.74, 6) is 0.890. The van der Waals surface area contributed by atoms with Gasteiger partial charge in [0.15, 0.2) is 0 Å². The van der Waals surface area contributed by atoms with Crippen molar-refractivity contribution in [3.8, 4) is 0 Å². The maximum Gasteiger partial charge on any atom is 0.220 e. The highest BCUT2D eigenvalue weighted by molar-refractivity contribution is 7.10. The van der Waals surface area contributed by atoms with Gasteiger partial charge in [-0.15, -0.1) is 11.3 Å². The smallest absolute Gasteiger partial charge is 0.220 e. The van der Waals surface area contributed by atoms with Crippen LogP contribution < -0.4 is 10.6 Å². The topological polar surface area (TPSA) is 41.1 Å². The fraction of sp³-hybridized carbons (Fsp3) is 0.643. The van der Waals surface area contributed by atoms with E-state index in [1.54, 1.807) is 11.3 Å². The normalized spacial score (nSPS) is 19.1. The number of aryl methyl sites for hydroxylation is 1. The highest BCUT2D eigenvalue weighted by Gasteiger charge is 2.15. The number of rotatable bonds is 6. The minimum Gasteiger partial charge on any atom is -0.351 e. The van der Waals surface area contributed by atoms with E-state index in [0.717, 1.165) is 25.9 Å². The molecule has 1 amide bonds. The summed E-state index contributed by atoms with van der Waals surface area (Å²) >= 11 is 1.73. The molecule has 2 rings (SSSR count). The van der Waals surface area contributed by atoms with Crippen LogP contribution in [0.2, 0.25) is 0 Å². The monoisotopic (exact) mass is 266 g/mol. The Morgan fingerprint density at radius 1 is 1.61 bits per heavy atom. The lowest BCUT2D eigenvalue weighted by Crippen LogP contribution is -2.23. The molecule has 1 aliphatic rings. The SMILES string of the molecule is CCc1ccsc1CNC(=O)CCC1CCNC1. The van der Waals surface area contributed by atoms with Crippen molar-refractivity contribution in [3.05, 3.63) is 21.9 Å². The van der Waals surface area contributed by atoms with Gasteiger partial charge in [-0.05, 0) is 55.3 Å². The molecule has 1 unspecified atom stereocenters. The molecule has 1 aromatic rings. The summed E-state index contributed by atoms with van der Waals surface area (Å²) in [5.41, 5.74) is 1.36. The summed E-state index contributed by atoms with van der Waals surface area (Å²) < 4.78 is 0. The molecule has 1 aromatic heterocycles. The highest BCUT2D eigenvalue weighted by atomic mass is 32.1. The number of hydrogen-bond donors (Lipinski definition) is 2. The van der Waals surface area contributed by atoms with Gasteiger partial charge in [0.05, 0.1) is 6.54 Å². The summed E-state index contributed by atoms with van der Waals surface area (Å²) in [4.78, 5) is 13.1. The second kappa shape index (κ2) is 6.90.